The monoisotopic (exact) mass is 384 g/mol. The molecule has 0 bridgehead atoms. The summed E-state index contributed by atoms with van der Waals surface area (Å²) in [4.78, 5) is 17.3. The molecule has 29 heavy (non-hydrogen) atoms. The maximum absolute atomic E-state index is 12.7. The molecular formula is C25H24N2O2. The summed E-state index contributed by atoms with van der Waals surface area (Å²) in [6.45, 7) is 8.27. The van der Waals surface area contributed by atoms with E-state index in [0.29, 0.717) is 17.4 Å². The average Bonchev–Trinajstić information content (AvgIpc) is 3.12. The van der Waals surface area contributed by atoms with Crippen molar-refractivity contribution in [3.05, 3.63) is 82.9 Å². The molecule has 0 aliphatic carbocycles. The van der Waals surface area contributed by atoms with Crippen LogP contribution in [-0.4, -0.2) is 10.9 Å². The number of carbonyl (C=O) groups is 1. The maximum atomic E-state index is 12.7. The average molecular weight is 384 g/mol. The predicted molar refractivity (Wildman–Crippen MR) is 117 cm³/mol. The van der Waals surface area contributed by atoms with Crippen molar-refractivity contribution >= 4 is 22.7 Å². The molecule has 1 amide bonds. The molecule has 0 spiro atoms. The summed E-state index contributed by atoms with van der Waals surface area (Å²) >= 11 is 0. The van der Waals surface area contributed by atoms with Crippen LogP contribution in [0.4, 0.5) is 5.69 Å². The Morgan fingerprint density at radius 1 is 0.966 bits per heavy atom. The first kappa shape index (κ1) is 18.9. The third kappa shape index (κ3) is 3.92. The SMILES string of the molecule is Cc1ccc2oc(-c3ccc(C)c(NC(=O)c4ccc(C(C)C)cc4)c3)nc2c1. The van der Waals surface area contributed by atoms with Crippen molar-refractivity contribution in [2.75, 3.05) is 5.32 Å². The Morgan fingerprint density at radius 3 is 2.45 bits per heavy atom. The number of fused-ring (bicyclic) bond motifs is 1. The number of aromatic nitrogens is 1. The minimum Gasteiger partial charge on any atom is -0.436 e. The molecule has 0 unspecified atom stereocenters. The summed E-state index contributed by atoms with van der Waals surface area (Å²) in [5.74, 6) is 0.849. The molecule has 0 fully saturated rings. The van der Waals surface area contributed by atoms with E-state index in [-0.39, 0.29) is 5.91 Å². The van der Waals surface area contributed by atoms with Crippen molar-refractivity contribution in [3.63, 3.8) is 0 Å². The number of oxazole rings is 1. The Morgan fingerprint density at radius 2 is 1.72 bits per heavy atom. The number of benzene rings is 3. The molecule has 4 heteroatoms. The van der Waals surface area contributed by atoms with Crippen LogP contribution >= 0.6 is 0 Å². The van der Waals surface area contributed by atoms with Crippen molar-refractivity contribution in [3.8, 4) is 11.5 Å². The number of anilines is 1. The third-order valence-corrected chi connectivity index (χ3v) is 5.12. The van der Waals surface area contributed by atoms with E-state index < -0.39 is 0 Å². The van der Waals surface area contributed by atoms with Gasteiger partial charge in [-0.3, -0.25) is 4.79 Å². The number of hydrogen-bond donors (Lipinski definition) is 1. The van der Waals surface area contributed by atoms with Crippen LogP contribution in [0.3, 0.4) is 0 Å². The van der Waals surface area contributed by atoms with Crippen LogP contribution in [0.5, 0.6) is 0 Å². The van der Waals surface area contributed by atoms with E-state index in [4.69, 9.17) is 4.42 Å². The number of nitrogens with one attached hydrogen (secondary N) is 1. The number of rotatable bonds is 4. The lowest BCUT2D eigenvalue weighted by Gasteiger charge is -2.11. The zero-order chi connectivity index (χ0) is 20.5. The minimum atomic E-state index is -0.131. The normalized spacial score (nSPS) is 11.2. The van der Waals surface area contributed by atoms with Crippen LogP contribution in [0.15, 0.2) is 65.1 Å². The summed E-state index contributed by atoms with van der Waals surface area (Å²) < 4.78 is 5.91. The topological polar surface area (TPSA) is 55.1 Å². The standard InChI is InChI=1S/C25H24N2O2/c1-15(2)18-8-10-19(11-9-18)24(28)26-21-14-20(7-6-17(21)4)25-27-22-13-16(3)5-12-23(22)29-25/h5-15H,1-4H3,(H,26,28). The maximum Gasteiger partial charge on any atom is 0.255 e. The van der Waals surface area contributed by atoms with Gasteiger partial charge in [0.15, 0.2) is 5.58 Å². The van der Waals surface area contributed by atoms with Crippen molar-refractivity contribution in [2.24, 2.45) is 0 Å². The molecule has 3 aromatic carbocycles. The number of hydrogen-bond acceptors (Lipinski definition) is 3. The summed E-state index contributed by atoms with van der Waals surface area (Å²) in [7, 11) is 0. The van der Waals surface area contributed by atoms with Crippen molar-refractivity contribution in [1.29, 1.82) is 0 Å². The second-order valence-corrected chi connectivity index (χ2v) is 7.75. The first-order valence-electron chi connectivity index (χ1n) is 9.80. The fourth-order valence-electron chi connectivity index (χ4n) is 3.26. The predicted octanol–water partition coefficient (Wildman–Crippen LogP) is 6.49. The van der Waals surface area contributed by atoms with Gasteiger partial charge >= 0.3 is 0 Å². The molecule has 0 saturated heterocycles. The second-order valence-electron chi connectivity index (χ2n) is 7.75. The summed E-state index contributed by atoms with van der Waals surface area (Å²) in [5.41, 5.74) is 7.13. The van der Waals surface area contributed by atoms with E-state index >= 15 is 0 Å². The highest BCUT2D eigenvalue weighted by molar-refractivity contribution is 6.05. The Kier molecular flexibility index (Phi) is 4.93. The molecular weight excluding hydrogens is 360 g/mol. The van der Waals surface area contributed by atoms with E-state index in [0.717, 1.165) is 33.5 Å². The van der Waals surface area contributed by atoms with Crippen LogP contribution < -0.4 is 5.32 Å². The fraction of sp³-hybridized carbons (Fsp3) is 0.200. The van der Waals surface area contributed by atoms with Crippen LogP contribution in [0.2, 0.25) is 0 Å². The van der Waals surface area contributed by atoms with Crippen molar-refractivity contribution in [1.82, 2.24) is 4.98 Å². The highest BCUT2D eigenvalue weighted by atomic mass is 16.3. The van der Waals surface area contributed by atoms with Crippen LogP contribution in [-0.2, 0) is 0 Å². The number of aryl methyl sites for hydroxylation is 2. The molecule has 4 aromatic rings. The first-order valence-corrected chi connectivity index (χ1v) is 9.80. The van der Waals surface area contributed by atoms with E-state index in [9.17, 15) is 4.79 Å². The van der Waals surface area contributed by atoms with Crippen LogP contribution in [0.25, 0.3) is 22.6 Å². The number of nitrogens with zero attached hydrogens (tertiary/aromatic N) is 1. The van der Waals surface area contributed by atoms with Gasteiger partial charge in [0.2, 0.25) is 5.89 Å². The number of amides is 1. The van der Waals surface area contributed by atoms with Crippen LogP contribution in [0, 0.1) is 13.8 Å². The van der Waals surface area contributed by atoms with Crippen molar-refractivity contribution in [2.45, 2.75) is 33.6 Å². The van der Waals surface area contributed by atoms with Gasteiger partial charge in [0.1, 0.15) is 5.52 Å². The van der Waals surface area contributed by atoms with Gasteiger partial charge < -0.3 is 9.73 Å². The van der Waals surface area contributed by atoms with E-state index in [1.807, 2.05) is 74.5 Å². The zero-order valence-corrected chi connectivity index (χ0v) is 17.1. The van der Waals surface area contributed by atoms with E-state index in [2.05, 4.69) is 24.1 Å². The molecule has 0 radical (unpaired) electrons. The highest BCUT2D eigenvalue weighted by Crippen LogP contribution is 2.28. The molecule has 1 heterocycles. The lowest BCUT2D eigenvalue weighted by atomic mass is 10.0. The third-order valence-electron chi connectivity index (χ3n) is 5.12. The molecule has 146 valence electrons. The smallest absolute Gasteiger partial charge is 0.255 e. The van der Waals surface area contributed by atoms with Gasteiger partial charge in [-0.2, -0.15) is 0 Å². The second kappa shape index (κ2) is 7.55. The molecule has 1 aromatic heterocycles. The Labute approximate surface area is 170 Å². The number of carbonyl (C=O) groups excluding carboxylic acids is 1. The molecule has 0 aliphatic heterocycles. The molecule has 4 nitrogen and oxygen atoms in total. The quantitative estimate of drug-likeness (QED) is 0.438. The molecule has 4 rings (SSSR count). The Balaban J connectivity index is 1.61. The first-order chi connectivity index (χ1) is 13.9. The molecule has 0 atom stereocenters. The molecule has 1 N–H and O–H groups in total. The highest BCUT2D eigenvalue weighted by Gasteiger charge is 2.13. The Hall–Kier alpha value is -3.40. The fourth-order valence-corrected chi connectivity index (χ4v) is 3.26. The lowest BCUT2D eigenvalue weighted by molar-refractivity contribution is 0.102. The van der Waals surface area contributed by atoms with Gasteiger partial charge in [0, 0.05) is 16.8 Å². The lowest BCUT2D eigenvalue weighted by Crippen LogP contribution is -2.13. The van der Waals surface area contributed by atoms with E-state index in [1.54, 1.807) is 0 Å². The molecule has 0 saturated carbocycles. The summed E-state index contributed by atoms with van der Waals surface area (Å²) in [6.07, 6.45) is 0. The molecule has 0 aliphatic rings. The van der Waals surface area contributed by atoms with Gasteiger partial charge in [0.05, 0.1) is 0 Å². The van der Waals surface area contributed by atoms with E-state index in [1.165, 1.54) is 5.56 Å². The van der Waals surface area contributed by atoms with Crippen molar-refractivity contribution < 1.29 is 9.21 Å². The van der Waals surface area contributed by atoms with Gasteiger partial charge in [-0.05, 0) is 72.9 Å². The van der Waals surface area contributed by atoms with Gasteiger partial charge in [-0.25, -0.2) is 4.98 Å². The Bertz CT molecular complexity index is 1190. The van der Waals surface area contributed by atoms with Gasteiger partial charge in [0.25, 0.3) is 5.91 Å². The van der Waals surface area contributed by atoms with Crippen LogP contribution in [0.1, 0.15) is 46.8 Å². The minimum absolute atomic E-state index is 0.131. The summed E-state index contributed by atoms with van der Waals surface area (Å²) in [5, 5.41) is 3.02. The zero-order valence-electron chi connectivity index (χ0n) is 17.1. The summed E-state index contributed by atoms with van der Waals surface area (Å²) in [6, 6.07) is 19.5. The largest absolute Gasteiger partial charge is 0.436 e. The van der Waals surface area contributed by atoms with Gasteiger partial charge in [-0.15, -0.1) is 0 Å². The van der Waals surface area contributed by atoms with Gasteiger partial charge in [-0.1, -0.05) is 38.1 Å².